The van der Waals surface area contributed by atoms with Crippen LogP contribution >= 0.6 is 11.3 Å². The Balaban J connectivity index is 0.000000313. The van der Waals surface area contributed by atoms with Gasteiger partial charge < -0.3 is 10.5 Å². The SMILES string of the molecule is CC.CCc1ncc(C(N)OC)cc1CCC(C)CC.O=Cc1cc2ccccc2s1. The Morgan fingerprint density at radius 3 is 2.48 bits per heavy atom. The summed E-state index contributed by atoms with van der Waals surface area (Å²) in [6.45, 7) is 10.7. The third-order valence-electron chi connectivity index (χ3n) is 5.16. The van der Waals surface area contributed by atoms with Gasteiger partial charge in [-0.05, 0) is 54.3 Å². The van der Waals surface area contributed by atoms with Crippen LogP contribution in [-0.2, 0) is 17.6 Å². The molecule has 0 saturated heterocycles. The zero-order valence-corrected chi connectivity index (χ0v) is 20.7. The molecule has 2 unspecified atom stereocenters. The third-order valence-corrected chi connectivity index (χ3v) is 6.20. The van der Waals surface area contributed by atoms with Gasteiger partial charge in [0.15, 0.2) is 6.29 Å². The van der Waals surface area contributed by atoms with Gasteiger partial charge in [0.1, 0.15) is 6.23 Å². The number of hydrogen-bond acceptors (Lipinski definition) is 5. The van der Waals surface area contributed by atoms with E-state index in [0.29, 0.717) is 0 Å². The number of aryl methyl sites for hydroxylation is 2. The van der Waals surface area contributed by atoms with Crippen molar-refractivity contribution >= 4 is 27.7 Å². The van der Waals surface area contributed by atoms with Gasteiger partial charge in [-0.1, -0.05) is 59.2 Å². The van der Waals surface area contributed by atoms with Crippen LogP contribution in [0.1, 0.15) is 80.2 Å². The maximum absolute atomic E-state index is 10.4. The minimum absolute atomic E-state index is 0.370. The molecule has 0 bridgehead atoms. The lowest BCUT2D eigenvalue weighted by Crippen LogP contribution is -2.14. The molecule has 0 radical (unpaired) electrons. The Morgan fingerprint density at radius 1 is 1.19 bits per heavy atom. The molecule has 2 aromatic heterocycles. The molecule has 31 heavy (non-hydrogen) atoms. The molecule has 0 aliphatic carbocycles. The average molecular weight is 443 g/mol. The zero-order chi connectivity index (χ0) is 23.2. The predicted molar refractivity (Wildman–Crippen MR) is 134 cm³/mol. The zero-order valence-electron chi connectivity index (χ0n) is 19.9. The van der Waals surface area contributed by atoms with Crippen LogP contribution in [0.3, 0.4) is 0 Å². The van der Waals surface area contributed by atoms with Crippen molar-refractivity contribution in [2.45, 2.75) is 66.5 Å². The van der Waals surface area contributed by atoms with Gasteiger partial charge in [-0.25, -0.2) is 0 Å². The normalized spacial score (nSPS) is 12.2. The third kappa shape index (κ3) is 8.52. The monoisotopic (exact) mass is 442 g/mol. The highest BCUT2D eigenvalue weighted by molar-refractivity contribution is 7.20. The number of nitrogens with two attached hydrogens (primary N) is 1. The van der Waals surface area contributed by atoms with Crippen molar-refractivity contribution in [2.24, 2.45) is 11.7 Å². The first kappa shape index (κ1) is 27.0. The van der Waals surface area contributed by atoms with Crippen molar-refractivity contribution in [3.8, 4) is 0 Å². The van der Waals surface area contributed by atoms with E-state index in [-0.39, 0.29) is 6.23 Å². The average Bonchev–Trinajstić information content (AvgIpc) is 3.27. The van der Waals surface area contributed by atoms with E-state index in [1.54, 1.807) is 7.11 Å². The largest absolute Gasteiger partial charge is 0.362 e. The molecule has 2 heterocycles. The Kier molecular flexibility index (Phi) is 12.9. The Bertz CT molecular complexity index is 874. The van der Waals surface area contributed by atoms with E-state index in [1.807, 2.05) is 50.4 Å². The smallest absolute Gasteiger partial charge is 0.160 e. The Labute approximate surface area is 191 Å². The summed E-state index contributed by atoms with van der Waals surface area (Å²) in [5, 5.41) is 1.15. The van der Waals surface area contributed by atoms with Crippen LogP contribution in [-0.4, -0.2) is 18.4 Å². The highest BCUT2D eigenvalue weighted by Crippen LogP contribution is 2.23. The molecule has 2 atom stereocenters. The van der Waals surface area contributed by atoms with Crippen LogP contribution in [0.15, 0.2) is 42.6 Å². The number of benzene rings is 1. The molecule has 3 rings (SSSR count). The number of aldehydes is 1. The summed E-state index contributed by atoms with van der Waals surface area (Å²) in [4.78, 5) is 15.7. The summed E-state index contributed by atoms with van der Waals surface area (Å²) in [5.41, 5.74) is 9.35. The topological polar surface area (TPSA) is 65.2 Å². The van der Waals surface area contributed by atoms with E-state index < -0.39 is 0 Å². The molecule has 0 aliphatic heterocycles. The number of hydrogen-bond donors (Lipinski definition) is 1. The van der Waals surface area contributed by atoms with Crippen molar-refractivity contribution < 1.29 is 9.53 Å². The number of pyridine rings is 1. The van der Waals surface area contributed by atoms with Crippen molar-refractivity contribution in [1.29, 1.82) is 0 Å². The molecule has 5 heteroatoms. The highest BCUT2D eigenvalue weighted by Gasteiger charge is 2.10. The maximum atomic E-state index is 10.4. The molecular weight excluding hydrogens is 404 g/mol. The lowest BCUT2D eigenvalue weighted by molar-refractivity contribution is 0.109. The first-order chi connectivity index (χ1) is 15.0. The lowest BCUT2D eigenvalue weighted by atomic mass is 9.96. The van der Waals surface area contributed by atoms with Crippen molar-refractivity contribution in [2.75, 3.05) is 7.11 Å². The number of carbonyl (C=O) groups is 1. The number of ether oxygens (including phenoxy) is 1. The minimum atomic E-state index is -0.370. The van der Waals surface area contributed by atoms with Crippen molar-refractivity contribution in [1.82, 2.24) is 4.98 Å². The molecule has 170 valence electrons. The predicted octanol–water partition coefficient (Wildman–Crippen LogP) is 6.97. The van der Waals surface area contributed by atoms with E-state index in [9.17, 15) is 4.79 Å². The van der Waals surface area contributed by atoms with E-state index in [4.69, 9.17) is 10.5 Å². The highest BCUT2D eigenvalue weighted by atomic mass is 32.1. The Hall–Kier alpha value is -2.08. The second-order valence-electron chi connectivity index (χ2n) is 7.24. The fraction of sp³-hybridized carbons (Fsp3) is 0.462. The van der Waals surface area contributed by atoms with Crippen LogP contribution in [0, 0.1) is 5.92 Å². The van der Waals surface area contributed by atoms with Gasteiger partial charge in [0.25, 0.3) is 0 Å². The summed E-state index contributed by atoms with van der Waals surface area (Å²) in [7, 11) is 1.62. The molecule has 0 aliphatic rings. The molecule has 3 aromatic rings. The molecule has 2 N–H and O–H groups in total. The van der Waals surface area contributed by atoms with Crippen LogP contribution in [0.4, 0.5) is 0 Å². The van der Waals surface area contributed by atoms with Crippen LogP contribution in [0.2, 0.25) is 0 Å². The molecule has 4 nitrogen and oxygen atoms in total. The number of rotatable bonds is 8. The molecule has 1 aromatic carbocycles. The number of carbonyl (C=O) groups excluding carboxylic acids is 1. The van der Waals surface area contributed by atoms with Gasteiger partial charge in [0, 0.05) is 29.3 Å². The van der Waals surface area contributed by atoms with E-state index in [2.05, 4.69) is 31.8 Å². The summed E-state index contributed by atoms with van der Waals surface area (Å²) in [5.74, 6) is 0.759. The summed E-state index contributed by atoms with van der Waals surface area (Å²) in [6, 6.07) is 12.1. The fourth-order valence-corrected chi connectivity index (χ4v) is 3.93. The van der Waals surface area contributed by atoms with Crippen LogP contribution < -0.4 is 5.73 Å². The van der Waals surface area contributed by atoms with Crippen molar-refractivity contribution in [3.05, 3.63) is 64.3 Å². The lowest BCUT2D eigenvalue weighted by Gasteiger charge is -2.15. The molecule has 0 saturated carbocycles. The number of methoxy groups -OCH3 is 1. The standard InChI is InChI=1S/C15H26N2O.C9H6OS.C2H6/c1-5-11(3)7-8-12-9-13(15(16)18-4)10-17-14(12)6-2;10-6-8-5-7-3-1-2-4-9(7)11-8;1-2/h9-11,15H,5-8,16H2,1-4H3;1-6H;1-2H3. The molecule has 0 spiro atoms. The second-order valence-corrected chi connectivity index (χ2v) is 8.36. The first-order valence-corrected chi connectivity index (χ1v) is 12.0. The summed E-state index contributed by atoms with van der Waals surface area (Å²) >= 11 is 1.53. The van der Waals surface area contributed by atoms with Gasteiger partial charge in [0.2, 0.25) is 0 Å². The van der Waals surface area contributed by atoms with Crippen molar-refractivity contribution in [3.63, 3.8) is 0 Å². The second kappa shape index (κ2) is 14.8. The van der Waals surface area contributed by atoms with Crippen LogP contribution in [0.5, 0.6) is 0 Å². The Morgan fingerprint density at radius 2 is 1.90 bits per heavy atom. The number of aromatic nitrogens is 1. The molecule has 0 fully saturated rings. The molecular formula is C26H38N2O2S. The van der Waals surface area contributed by atoms with Gasteiger partial charge >= 0.3 is 0 Å². The number of thiophene rings is 1. The fourth-order valence-electron chi connectivity index (χ4n) is 3.05. The summed E-state index contributed by atoms with van der Waals surface area (Å²) < 4.78 is 6.32. The van der Waals surface area contributed by atoms with Crippen LogP contribution in [0.25, 0.3) is 10.1 Å². The van der Waals surface area contributed by atoms with E-state index in [0.717, 1.165) is 40.9 Å². The first-order valence-electron chi connectivity index (χ1n) is 11.2. The number of nitrogens with zero attached hydrogens (tertiary/aromatic N) is 1. The maximum Gasteiger partial charge on any atom is 0.160 e. The van der Waals surface area contributed by atoms with Gasteiger partial charge in [-0.15, -0.1) is 11.3 Å². The van der Waals surface area contributed by atoms with Gasteiger partial charge in [0.05, 0.1) is 4.88 Å². The van der Waals surface area contributed by atoms with E-state index >= 15 is 0 Å². The van der Waals surface area contributed by atoms with Gasteiger partial charge in [-0.2, -0.15) is 0 Å². The summed E-state index contributed by atoms with van der Waals surface area (Å²) in [6.07, 6.45) is 6.84. The minimum Gasteiger partial charge on any atom is -0.362 e. The molecule has 0 amide bonds. The van der Waals surface area contributed by atoms with Gasteiger partial charge in [-0.3, -0.25) is 9.78 Å². The van der Waals surface area contributed by atoms with E-state index in [1.165, 1.54) is 40.1 Å². The quantitative estimate of drug-likeness (QED) is 0.302. The number of fused-ring (bicyclic) bond motifs is 1.